The average Bonchev–Trinajstić information content (AvgIpc) is 3.55. The van der Waals surface area contributed by atoms with Crippen LogP contribution < -0.4 is 25.1 Å². The minimum atomic E-state index is -0.458. The number of fused-ring (bicyclic) bond motifs is 1. The van der Waals surface area contributed by atoms with Crippen molar-refractivity contribution in [3.05, 3.63) is 127 Å². The predicted octanol–water partition coefficient (Wildman–Crippen LogP) is 3.83. The quantitative estimate of drug-likeness (QED) is 0.291. The molecule has 6 aromatic rings. The first-order valence-corrected chi connectivity index (χ1v) is 13.6. The summed E-state index contributed by atoms with van der Waals surface area (Å²) in [7, 11) is 3.23. The molecule has 204 valence electrons. The summed E-state index contributed by atoms with van der Waals surface area (Å²) in [6.07, 6.45) is 3.91. The molecule has 0 aliphatic carbocycles. The predicted molar refractivity (Wildman–Crippen MR) is 158 cm³/mol. The van der Waals surface area contributed by atoms with Gasteiger partial charge in [-0.05, 0) is 66.6 Å². The molecule has 0 atom stereocenters. The van der Waals surface area contributed by atoms with Crippen molar-refractivity contribution in [2.45, 2.75) is 13.3 Å². The number of aryl methyl sites for hydroxylation is 1. The summed E-state index contributed by atoms with van der Waals surface area (Å²) in [5, 5.41) is 9.26. The molecule has 0 saturated heterocycles. The van der Waals surface area contributed by atoms with Crippen LogP contribution in [0.5, 0.6) is 11.5 Å². The lowest BCUT2D eigenvalue weighted by Gasteiger charge is -2.06. The van der Waals surface area contributed by atoms with Crippen molar-refractivity contribution in [2.75, 3.05) is 14.2 Å². The van der Waals surface area contributed by atoms with Crippen LogP contribution in [0.2, 0.25) is 0 Å². The first-order chi connectivity index (χ1) is 19.9. The van der Waals surface area contributed by atoms with E-state index in [1.165, 1.54) is 4.52 Å². The number of benzene rings is 3. The molecule has 3 aromatic carbocycles. The van der Waals surface area contributed by atoms with Crippen LogP contribution in [0.1, 0.15) is 22.4 Å². The van der Waals surface area contributed by atoms with Crippen LogP contribution in [0.25, 0.3) is 28.0 Å². The Bertz CT molecular complexity index is 2050. The highest BCUT2D eigenvalue weighted by Gasteiger charge is 2.16. The van der Waals surface area contributed by atoms with Crippen LogP contribution in [0.15, 0.2) is 88.6 Å². The van der Waals surface area contributed by atoms with Crippen LogP contribution in [0.3, 0.4) is 0 Å². The molecule has 0 unspecified atom stereocenters. The summed E-state index contributed by atoms with van der Waals surface area (Å²) in [6, 6.07) is 22.9. The summed E-state index contributed by atoms with van der Waals surface area (Å²) in [4.78, 5) is 30.7. The number of rotatable bonds is 7. The molecule has 0 radical (unpaired) electrons. The molecule has 0 bridgehead atoms. The van der Waals surface area contributed by atoms with E-state index in [4.69, 9.17) is 14.6 Å². The second-order valence-corrected chi connectivity index (χ2v) is 10.4. The number of para-hydroxylation sites is 1. The van der Waals surface area contributed by atoms with Crippen LogP contribution in [-0.4, -0.2) is 38.6 Å². The number of methoxy groups -OCH3 is 2. The van der Waals surface area contributed by atoms with Crippen molar-refractivity contribution in [1.82, 2.24) is 24.4 Å². The Morgan fingerprint density at radius 3 is 2.41 bits per heavy atom. The number of aromatic nitrogens is 5. The van der Waals surface area contributed by atoms with E-state index in [2.05, 4.69) is 10.1 Å². The van der Waals surface area contributed by atoms with Gasteiger partial charge in [-0.15, -0.1) is 0 Å². The van der Waals surface area contributed by atoms with Crippen LogP contribution in [-0.2, 0) is 6.42 Å². The zero-order valence-corrected chi connectivity index (χ0v) is 23.4. The third-order valence-corrected chi connectivity index (χ3v) is 7.66. The van der Waals surface area contributed by atoms with Gasteiger partial charge in [-0.1, -0.05) is 41.7 Å². The maximum Gasteiger partial charge on any atom is 0.296 e. The normalized spacial score (nSPS) is 11.7. The third kappa shape index (κ3) is 5.12. The van der Waals surface area contributed by atoms with Gasteiger partial charge in [0.25, 0.3) is 11.1 Å². The van der Waals surface area contributed by atoms with Crippen molar-refractivity contribution in [3.8, 4) is 28.4 Å². The highest BCUT2D eigenvalue weighted by molar-refractivity contribution is 7.15. The fraction of sp³-hybridized carbons (Fsp3) is 0.129. The fourth-order valence-electron chi connectivity index (χ4n) is 4.59. The van der Waals surface area contributed by atoms with Crippen molar-refractivity contribution in [1.29, 1.82) is 0 Å². The molecule has 0 fully saturated rings. The van der Waals surface area contributed by atoms with Crippen molar-refractivity contribution >= 4 is 22.4 Å². The van der Waals surface area contributed by atoms with E-state index in [-0.39, 0.29) is 22.6 Å². The highest BCUT2D eigenvalue weighted by Crippen LogP contribution is 2.29. The monoisotopic (exact) mass is 563 g/mol. The zero-order valence-electron chi connectivity index (χ0n) is 22.6. The molecule has 0 aliphatic heterocycles. The number of hydrogen-bond donors (Lipinski definition) is 0. The lowest BCUT2D eigenvalue weighted by molar-refractivity contribution is 0.412. The Balaban J connectivity index is 1.46. The minimum absolute atomic E-state index is 0.195. The molecule has 6 rings (SSSR count). The molecule has 3 aromatic heterocycles. The van der Waals surface area contributed by atoms with Gasteiger partial charge in [-0.25, -0.2) is 4.68 Å². The van der Waals surface area contributed by atoms with E-state index in [1.807, 2.05) is 85.9 Å². The molecular weight excluding hydrogens is 538 g/mol. The van der Waals surface area contributed by atoms with Crippen molar-refractivity contribution in [2.24, 2.45) is 0 Å². The second-order valence-electron chi connectivity index (χ2n) is 9.40. The van der Waals surface area contributed by atoms with Crippen molar-refractivity contribution in [3.63, 3.8) is 0 Å². The molecule has 0 spiro atoms. The Hall–Kier alpha value is -5.09. The Morgan fingerprint density at radius 1 is 0.927 bits per heavy atom. The molecule has 9 nitrogen and oxygen atoms in total. The Morgan fingerprint density at radius 2 is 1.71 bits per heavy atom. The molecule has 0 amide bonds. The molecule has 41 heavy (non-hydrogen) atoms. The van der Waals surface area contributed by atoms with Gasteiger partial charge in [-0.2, -0.15) is 19.7 Å². The third-order valence-electron chi connectivity index (χ3n) is 6.70. The van der Waals surface area contributed by atoms with Gasteiger partial charge in [0.1, 0.15) is 22.9 Å². The van der Waals surface area contributed by atoms with Gasteiger partial charge in [0, 0.05) is 23.7 Å². The van der Waals surface area contributed by atoms with Crippen LogP contribution in [0, 0.1) is 6.92 Å². The molecule has 3 heterocycles. The van der Waals surface area contributed by atoms with E-state index in [1.54, 1.807) is 25.0 Å². The van der Waals surface area contributed by atoms with E-state index in [9.17, 15) is 9.59 Å². The number of nitrogens with zero attached hydrogens (tertiary/aromatic N) is 5. The topological polar surface area (TPSA) is 101 Å². The summed E-state index contributed by atoms with van der Waals surface area (Å²) in [5.74, 6) is 1.49. The van der Waals surface area contributed by atoms with E-state index < -0.39 is 5.56 Å². The van der Waals surface area contributed by atoms with Crippen LogP contribution >= 0.6 is 11.3 Å². The lowest BCUT2D eigenvalue weighted by atomic mass is 10.0. The van der Waals surface area contributed by atoms with Gasteiger partial charge < -0.3 is 9.47 Å². The van der Waals surface area contributed by atoms with Crippen molar-refractivity contribution < 1.29 is 9.47 Å². The van der Waals surface area contributed by atoms with Gasteiger partial charge in [0.15, 0.2) is 0 Å². The first-order valence-electron chi connectivity index (χ1n) is 12.8. The van der Waals surface area contributed by atoms with Gasteiger partial charge >= 0.3 is 0 Å². The largest absolute Gasteiger partial charge is 0.497 e. The van der Waals surface area contributed by atoms with E-state index in [0.29, 0.717) is 16.0 Å². The zero-order chi connectivity index (χ0) is 28.5. The van der Waals surface area contributed by atoms with Gasteiger partial charge in [-0.3, -0.25) is 9.59 Å². The summed E-state index contributed by atoms with van der Waals surface area (Å²) in [6.45, 7) is 1.97. The molecular formula is C31H25N5O4S. The number of ether oxygens (including phenoxy) is 2. The average molecular weight is 564 g/mol. The maximum absolute atomic E-state index is 13.5. The summed E-state index contributed by atoms with van der Waals surface area (Å²) < 4.78 is 14.0. The van der Waals surface area contributed by atoms with E-state index in [0.717, 1.165) is 45.0 Å². The second kappa shape index (κ2) is 10.8. The first kappa shape index (κ1) is 26.1. The Labute approximate surface area is 238 Å². The molecule has 0 N–H and O–H groups in total. The highest BCUT2D eigenvalue weighted by atomic mass is 32.1. The summed E-state index contributed by atoms with van der Waals surface area (Å²) >= 11 is 1.12. The van der Waals surface area contributed by atoms with Crippen LogP contribution in [0.4, 0.5) is 0 Å². The summed E-state index contributed by atoms with van der Waals surface area (Å²) in [5.41, 5.74) is 4.42. The fourth-order valence-corrected chi connectivity index (χ4v) is 5.48. The van der Waals surface area contributed by atoms with E-state index >= 15 is 0 Å². The van der Waals surface area contributed by atoms with Gasteiger partial charge in [0.05, 0.1) is 24.4 Å². The standard InChI is InChI=1S/C31H25N5O4S/c1-19-15-21(11-14-26(19)40-3)28-22(18-35(34-28)23-7-5-4-6-8-23)17-27-30(38)36-31(41-27)32-29(37)25(33-36)16-20-9-12-24(39-2)13-10-20/h4-15,17-18H,16H2,1-3H3. The smallest absolute Gasteiger partial charge is 0.296 e. The molecule has 0 aliphatic rings. The number of hydrogen-bond acceptors (Lipinski definition) is 8. The number of thiazole rings is 1. The molecule has 0 saturated carbocycles. The molecule has 10 heteroatoms. The maximum atomic E-state index is 13.5. The SMILES string of the molecule is COc1ccc(Cc2nn3c(=O)c(=Cc4cn(-c5ccccc5)nc4-c4ccc(OC)c(C)c4)sc3nc2=O)cc1. The lowest BCUT2D eigenvalue weighted by Crippen LogP contribution is -2.28. The minimum Gasteiger partial charge on any atom is -0.497 e. The Kier molecular flexibility index (Phi) is 6.90. The van der Waals surface area contributed by atoms with Gasteiger partial charge in [0.2, 0.25) is 4.96 Å².